The summed E-state index contributed by atoms with van der Waals surface area (Å²) in [6.45, 7) is 0.679. The molecule has 0 bridgehead atoms. The largest absolute Gasteiger partial charge is 0.489 e. The Balaban J connectivity index is 1.69. The van der Waals surface area contributed by atoms with Gasteiger partial charge in [0.05, 0.1) is 9.93 Å². The molecule has 0 saturated carbocycles. The number of amides is 1. The van der Waals surface area contributed by atoms with Gasteiger partial charge >= 0.3 is 0 Å². The number of likely N-dealkylation sites (N-methyl/N-ethyl adjacent to an activating group) is 1. The molecule has 0 N–H and O–H groups in total. The molecule has 1 heterocycles. The molecule has 27 heavy (non-hydrogen) atoms. The van der Waals surface area contributed by atoms with Gasteiger partial charge in [-0.1, -0.05) is 63.6 Å². The molecule has 3 rings (SSSR count). The van der Waals surface area contributed by atoms with Gasteiger partial charge in [0.25, 0.3) is 5.91 Å². The van der Waals surface area contributed by atoms with E-state index >= 15 is 0 Å². The van der Waals surface area contributed by atoms with Crippen LogP contribution in [0.15, 0.2) is 51.8 Å². The first-order valence-corrected chi connectivity index (χ1v) is 10.4. The Morgan fingerprint density at radius 2 is 1.89 bits per heavy atom. The summed E-state index contributed by atoms with van der Waals surface area (Å²) in [5.41, 5.74) is 0.788. The van der Waals surface area contributed by atoms with Crippen molar-refractivity contribution in [1.29, 1.82) is 0 Å². The van der Waals surface area contributed by atoms with Crippen LogP contribution in [0.1, 0.15) is 5.56 Å². The average molecular weight is 485 g/mol. The van der Waals surface area contributed by atoms with E-state index < -0.39 is 0 Å². The Morgan fingerprint density at radius 3 is 2.56 bits per heavy atom. The zero-order chi connectivity index (χ0) is 19.4. The van der Waals surface area contributed by atoms with Gasteiger partial charge in [0, 0.05) is 17.1 Å². The minimum Gasteiger partial charge on any atom is -0.489 e. The van der Waals surface area contributed by atoms with E-state index in [-0.39, 0.29) is 5.91 Å². The summed E-state index contributed by atoms with van der Waals surface area (Å²) in [4.78, 5) is 14.3. The number of carbonyl (C=O) groups excluding carboxylic acids is 1. The van der Waals surface area contributed by atoms with Crippen molar-refractivity contribution in [3.05, 3.63) is 62.4 Å². The fourth-order valence-electron chi connectivity index (χ4n) is 2.32. The van der Waals surface area contributed by atoms with Crippen molar-refractivity contribution in [2.45, 2.75) is 0 Å². The molecule has 1 fully saturated rings. The zero-order valence-electron chi connectivity index (χ0n) is 14.3. The third kappa shape index (κ3) is 5.04. The van der Waals surface area contributed by atoms with Crippen LogP contribution in [0.2, 0.25) is 5.02 Å². The number of hydrogen-bond donors (Lipinski definition) is 0. The van der Waals surface area contributed by atoms with E-state index in [0.29, 0.717) is 39.0 Å². The van der Waals surface area contributed by atoms with Gasteiger partial charge in [-0.25, -0.2) is 0 Å². The van der Waals surface area contributed by atoms with E-state index in [2.05, 4.69) is 15.9 Å². The third-order valence-electron chi connectivity index (χ3n) is 3.68. The van der Waals surface area contributed by atoms with E-state index in [1.54, 1.807) is 25.3 Å². The first-order chi connectivity index (χ1) is 13.0. The molecule has 1 aliphatic heterocycles. The first kappa shape index (κ1) is 20.2. The SMILES string of the molecule is CN1C(=O)/C(=C\c2cc(Br)ccc2OCCOc2ccccc2Cl)SC1=S. The van der Waals surface area contributed by atoms with Gasteiger partial charge in [-0.15, -0.1) is 0 Å². The van der Waals surface area contributed by atoms with Crippen LogP contribution < -0.4 is 9.47 Å². The number of nitrogens with zero attached hydrogens (tertiary/aromatic N) is 1. The average Bonchev–Trinajstić information content (AvgIpc) is 2.88. The quantitative estimate of drug-likeness (QED) is 0.312. The van der Waals surface area contributed by atoms with Crippen molar-refractivity contribution < 1.29 is 14.3 Å². The number of para-hydroxylation sites is 1. The summed E-state index contributed by atoms with van der Waals surface area (Å²) in [6, 6.07) is 12.9. The summed E-state index contributed by atoms with van der Waals surface area (Å²) in [6.07, 6.45) is 1.79. The van der Waals surface area contributed by atoms with Gasteiger partial charge in [-0.05, 0) is 36.4 Å². The highest BCUT2D eigenvalue weighted by Crippen LogP contribution is 2.34. The number of carbonyl (C=O) groups is 1. The van der Waals surface area contributed by atoms with Crippen LogP contribution in [0.5, 0.6) is 11.5 Å². The predicted octanol–water partition coefficient (Wildman–Crippen LogP) is 5.39. The van der Waals surface area contributed by atoms with Gasteiger partial charge in [0.1, 0.15) is 29.0 Å². The first-order valence-electron chi connectivity index (χ1n) is 7.97. The zero-order valence-corrected chi connectivity index (χ0v) is 18.3. The van der Waals surface area contributed by atoms with E-state index in [1.807, 2.05) is 30.3 Å². The number of halogens is 2. The van der Waals surface area contributed by atoms with E-state index in [0.717, 1.165) is 10.0 Å². The lowest BCUT2D eigenvalue weighted by atomic mass is 10.2. The van der Waals surface area contributed by atoms with Crippen molar-refractivity contribution in [2.24, 2.45) is 0 Å². The molecule has 0 aliphatic carbocycles. The van der Waals surface area contributed by atoms with E-state index in [1.165, 1.54) is 16.7 Å². The predicted molar refractivity (Wildman–Crippen MR) is 118 cm³/mol. The van der Waals surface area contributed by atoms with Crippen molar-refractivity contribution in [3.63, 3.8) is 0 Å². The molecular weight excluding hydrogens is 470 g/mol. The highest BCUT2D eigenvalue weighted by Gasteiger charge is 2.28. The second-order valence-electron chi connectivity index (χ2n) is 5.55. The fourth-order valence-corrected chi connectivity index (χ4v) is 4.05. The molecule has 0 atom stereocenters. The number of hydrogen-bond acceptors (Lipinski definition) is 5. The molecule has 1 amide bonds. The minimum atomic E-state index is -0.113. The van der Waals surface area contributed by atoms with Crippen molar-refractivity contribution >= 4 is 67.8 Å². The molecular formula is C19H15BrClNO3S2. The normalized spacial score (nSPS) is 15.5. The maximum Gasteiger partial charge on any atom is 0.265 e. The van der Waals surface area contributed by atoms with Crippen molar-refractivity contribution in [2.75, 3.05) is 20.3 Å². The molecule has 8 heteroatoms. The van der Waals surface area contributed by atoms with Gasteiger partial charge in [0.2, 0.25) is 0 Å². The molecule has 2 aromatic rings. The van der Waals surface area contributed by atoms with Gasteiger partial charge in [-0.2, -0.15) is 0 Å². The van der Waals surface area contributed by atoms with Gasteiger partial charge in [-0.3, -0.25) is 9.69 Å². The van der Waals surface area contributed by atoms with Crippen molar-refractivity contribution in [3.8, 4) is 11.5 Å². The van der Waals surface area contributed by atoms with Crippen LogP contribution in [0, 0.1) is 0 Å². The second kappa shape index (κ2) is 9.10. The summed E-state index contributed by atoms with van der Waals surface area (Å²) in [5.74, 6) is 1.16. The number of benzene rings is 2. The number of thiocarbonyl (C=S) groups is 1. The second-order valence-corrected chi connectivity index (χ2v) is 8.55. The lowest BCUT2D eigenvalue weighted by Crippen LogP contribution is -2.22. The minimum absolute atomic E-state index is 0.113. The summed E-state index contributed by atoms with van der Waals surface area (Å²) >= 11 is 16.0. The molecule has 4 nitrogen and oxygen atoms in total. The molecule has 0 unspecified atom stereocenters. The van der Waals surface area contributed by atoms with E-state index in [9.17, 15) is 4.79 Å². The van der Waals surface area contributed by atoms with Crippen LogP contribution in [-0.2, 0) is 4.79 Å². The molecule has 1 saturated heterocycles. The van der Waals surface area contributed by atoms with Crippen LogP contribution in [-0.4, -0.2) is 35.4 Å². The molecule has 0 spiro atoms. The van der Waals surface area contributed by atoms with Gasteiger partial charge in [0.15, 0.2) is 0 Å². The Kier molecular flexibility index (Phi) is 6.81. The lowest BCUT2D eigenvalue weighted by molar-refractivity contribution is -0.121. The smallest absolute Gasteiger partial charge is 0.265 e. The fraction of sp³-hybridized carbons (Fsp3) is 0.158. The maximum absolute atomic E-state index is 12.2. The van der Waals surface area contributed by atoms with Crippen LogP contribution in [0.25, 0.3) is 6.08 Å². The molecule has 2 aromatic carbocycles. The number of ether oxygens (including phenoxy) is 2. The number of thioether (sulfide) groups is 1. The maximum atomic E-state index is 12.2. The van der Waals surface area contributed by atoms with Crippen LogP contribution in [0.4, 0.5) is 0 Å². The summed E-state index contributed by atoms with van der Waals surface area (Å²) in [7, 11) is 1.67. The Bertz CT molecular complexity index is 920. The Hall–Kier alpha value is -1.54. The summed E-state index contributed by atoms with van der Waals surface area (Å²) < 4.78 is 12.9. The lowest BCUT2D eigenvalue weighted by Gasteiger charge is -2.12. The van der Waals surface area contributed by atoms with Crippen LogP contribution >= 0.6 is 51.5 Å². The standard InChI is InChI=1S/C19H15BrClNO3S2/c1-22-18(23)17(27-19(22)26)11-12-10-13(20)6-7-15(12)24-8-9-25-16-5-3-2-4-14(16)21/h2-7,10-11H,8-9H2,1H3/b17-11+. The molecule has 140 valence electrons. The van der Waals surface area contributed by atoms with E-state index in [4.69, 9.17) is 33.3 Å². The van der Waals surface area contributed by atoms with Crippen molar-refractivity contribution in [1.82, 2.24) is 4.90 Å². The molecule has 0 aromatic heterocycles. The molecule has 1 aliphatic rings. The monoisotopic (exact) mass is 483 g/mol. The summed E-state index contributed by atoms with van der Waals surface area (Å²) in [5, 5.41) is 0.559. The van der Waals surface area contributed by atoms with Gasteiger partial charge < -0.3 is 9.47 Å². The Labute approximate surface area is 180 Å². The topological polar surface area (TPSA) is 38.8 Å². The highest BCUT2D eigenvalue weighted by molar-refractivity contribution is 9.10. The number of rotatable bonds is 6. The molecule has 0 radical (unpaired) electrons. The Morgan fingerprint density at radius 1 is 1.19 bits per heavy atom. The van der Waals surface area contributed by atoms with Crippen LogP contribution in [0.3, 0.4) is 0 Å². The highest BCUT2D eigenvalue weighted by atomic mass is 79.9. The third-order valence-corrected chi connectivity index (χ3v) is 5.97.